The number of imidazole rings is 1. The number of hydrogen-bond donors (Lipinski definition) is 1. The minimum Gasteiger partial charge on any atom is -0.381 e. The number of nitrogens with two attached hydrogens (primary N) is 1. The van der Waals surface area contributed by atoms with Gasteiger partial charge < -0.3 is 10.3 Å². The number of aryl methyl sites for hydroxylation is 1. The molecule has 1 aliphatic rings. The molecular weight excluding hydrogens is 272 g/mol. The van der Waals surface area contributed by atoms with E-state index < -0.39 is 10.0 Å². The molecule has 0 bridgehead atoms. The molecule has 0 amide bonds. The van der Waals surface area contributed by atoms with Crippen molar-refractivity contribution in [2.75, 3.05) is 18.0 Å². The molecule has 2 heterocycles. The average molecular weight is 290 g/mol. The highest BCUT2D eigenvalue weighted by Crippen LogP contribution is 2.30. The van der Waals surface area contributed by atoms with Crippen molar-refractivity contribution in [1.29, 1.82) is 0 Å². The fourth-order valence-corrected chi connectivity index (χ4v) is 5.30. The second-order valence-electron chi connectivity index (χ2n) is 4.48. The van der Waals surface area contributed by atoms with Crippen LogP contribution in [0.1, 0.15) is 13.8 Å². The van der Waals surface area contributed by atoms with Crippen LogP contribution in [0.25, 0.3) is 0 Å². The van der Waals surface area contributed by atoms with Crippen molar-refractivity contribution in [3.05, 3.63) is 6.33 Å². The predicted octanol–water partition coefficient (Wildman–Crippen LogP) is 0.517. The van der Waals surface area contributed by atoms with Crippen LogP contribution < -0.4 is 5.73 Å². The number of sulfonamides is 1. The number of aromatic nitrogens is 2. The van der Waals surface area contributed by atoms with Gasteiger partial charge in [-0.05, 0) is 6.92 Å². The van der Waals surface area contributed by atoms with Gasteiger partial charge in [0.15, 0.2) is 10.8 Å². The van der Waals surface area contributed by atoms with E-state index in [9.17, 15) is 8.42 Å². The average Bonchev–Trinajstić information content (AvgIpc) is 2.62. The molecule has 6 nitrogen and oxygen atoms in total. The van der Waals surface area contributed by atoms with E-state index in [1.54, 1.807) is 18.8 Å². The highest BCUT2D eigenvalue weighted by Gasteiger charge is 2.37. The number of anilines is 1. The number of nitrogens with zero attached hydrogens (tertiary/aromatic N) is 3. The molecule has 1 aromatic heterocycles. The quantitative estimate of drug-likeness (QED) is 0.858. The summed E-state index contributed by atoms with van der Waals surface area (Å²) in [7, 11) is -1.92. The molecule has 2 rings (SSSR count). The van der Waals surface area contributed by atoms with Gasteiger partial charge in [0.1, 0.15) is 0 Å². The zero-order chi connectivity index (χ0) is 13.5. The Balaban J connectivity index is 2.43. The fraction of sp³-hybridized carbons (Fsp3) is 0.700. The highest BCUT2D eigenvalue weighted by atomic mass is 32.2. The topological polar surface area (TPSA) is 81.2 Å². The van der Waals surface area contributed by atoms with Crippen LogP contribution in [0.2, 0.25) is 0 Å². The Morgan fingerprint density at radius 1 is 1.50 bits per heavy atom. The van der Waals surface area contributed by atoms with E-state index in [2.05, 4.69) is 4.98 Å². The van der Waals surface area contributed by atoms with Crippen LogP contribution in [0.3, 0.4) is 0 Å². The lowest BCUT2D eigenvalue weighted by Gasteiger charge is -2.36. The summed E-state index contributed by atoms with van der Waals surface area (Å²) >= 11 is 1.79. The van der Waals surface area contributed by atoms with E-state index >= 15 is 0 Å². The Labute approximate surface area is 112 Å². The third-order valence-electron chi connectivity index (χ3n) is 3.29. The van der Waals surface area contributed by atoms with Crippen molar-refractivity contribution < 1.29 is 8.42 Å². The summed E-state index contributed by atoms with van der Waals surface area (Å²) in [6.07, 6.45) is 1.43. The third-order valence-corrected chi connectivity index (χ3v) is 6.74. The Morgan fingerprint density at radius 3 is 2.72 bits per heavy atom. The van der Waals surface area contributed by atoms with Gasteiger partial charge in [0, 0.05) is 30.6 Å². The van der Waals surface area contributed by atoms with Crippen molar-refractivity contribution >= 4 is 27.6 Å². The second kappa shape index (κ2) is 4.75. The molecule has 102 valence electrons. The molecule has 2 N–H and O–H groups in total. The lowest BCUT2D eigenvalue weighted by Crippen LogP contribution is -2.48. The van der Waals surface area contributed by atoms with Crippen LogP contribution in [0.5, 0.6) is 0 Å². The normalized spacial score (nSPS) is 26.4. The first-order valence-electron chi connectivity index (χ1n) is 5.76. The number of rotatable bonds is 2. The molecule has 0 saturated carbocycles. The van der Waals surface area contributed by atoms with Gasteiger partial charge in [0.05, 0.1) is 6.33 Å². The van der Waals surface area contributed by atoms with Gasteiger partial charge >= 0.3 is 0 Å². The van der Waals surface area contributed by atoms with Gasteiger partial charge in [-0.2, -0.15) is 16.1 Å². The molecule has 2 unspecified atom stereocenters. The Morgan fingerprint density at radius 2 is 2.17 bits per heavy atom. The Bertz CT molecular complexity index is 521. The number of thioether (sulfide) groups is 1. The molecule has 18 heavy (non-hydrogen) atoms. The molecular formula is C10H18N4O2S2. The van der Waals surface area contributed by atoms with Gasteiger partial charge in [-0.15, -0.1) is 0 Å². The molecule has 1 saturated heterocycles. The van der Waals surface area contributed by atoms with E-state index in [-0.39, 0.29) is 22.1 Å². The van der Waals surface area contributed by atoms with Crippen molar-refractivity contribution in [3.63, 3.8) is 0 Å². The van der Waals surface area contributed by atoms with E-state index in [1.165, 1.54) is 15.2 Å². The van der Waals surface area contributed by atoms with E-state index in [0.717, 1.165) is 5.75 Å². The lowest BCUT2D eigenvalue weighted by molar-refractivity contribution is 0.338. The number of nitrogen functional groups attached to an aromatic ring is 1. The molecule has 2 atom stereocenters. The van der Waals surface area contributed by atoms with Gasteiger partial charge in [0.2, 0.25) is 0 Å². The van der Waals surface area contributed by atoms with Crippen LogP contribution in [0.4, 0.5) is 5.82 Å². The largest absolute Gasteiger partial charge is 0.381 e. The second-order valence-corrected chi connectivity index (χ2v) is 7.77. The molecule has 0 aliphatic carbocycles. The monoisotopic (exact) mass is 290 g/mol. The first kappa shape index (κ1) is 13.7. The summed E-state index contributed by atoms with van der Waals surface area (Å²) in [6.45, 7) is 4.49. The highest BCUT2D eigenvalue weighted by molar-refractivity contribution is 8.00. The molecule has 0 radical (unpaired) electrons. The lowest BCUT2D eigenvalue weighted by atomic mass is 10.2. The maximum Gasteiger partial charge on any atom is 0.262 e. The van der Waals surface area contributed by atoms with Crippen molar-refractivity contribution in [1.82, 2.24) is 13.9 Å². The van der Waals surface area contributed by atoms with Gasteiger partial charge in [-0.1, -0.05) is 6.92 Å². The first-order valence-corrected chi connectivity index (χ1v) is 8.25. The summed E-state index contributed by atoms with van der Waals surface area (Å²) in [6, 6.07) is -0.0388. The number of hydrogen-bond acceptors (Lipinski definition) is 5. The molecule has 1 aromatic rings. The standard InChI is InChI=1S/C10H18N4O2S2/c1-7-8(2)17-5-4-14(7)18(15,16)10-9(11)12-6-13(10)3/h6-8H,4-5,11H2,1-3H3. The zero-order valence-corrected chi connectivity index (χ0v) is 12.3. The van der Waals surface area contributed by atoms with Crippen molar-refractivity contribution in [2.45, 2.75) is 30.2 Å². The Kier molecular flexibility index (Phi) is 3.61. The van der Waals surface area contributed by atoms with Gasteiger partial charge in [0.25, 0.3) is 10.0 Å². The summed E-state index contributed by atoms with van der Waals surface area (Å²) in [4.78, 5) is 3.85. The third kappa shape index (κ3) is 2.12. The molecule has 0 aromatic carbocycles. The summed E-state index contributed by atoms with van der Waals surface area (Å²) < 4.78 is 28.2. The SMILES string of the molecule is CC1SCCN(S(=O)(=O)c2c(N)ncn2C)C1C. The maximum atomic E-state index is 12.6. The molecule has 1 aliphatic heterocycles. The van der Waals surface area contributed by atoms with E-state index in [0.29, 0.717) is 6.54 Å². The molecule has 8 heteroatoms. The summed E-state index contributed by atoms with van der Waals surface area (Å²) in [5, 5.41) is 0.372. The van der Waals surface area contributed by atoms with Crippen LogP contribution >= 0.6 is 11.8 Å². The Hall–Kier alpha value is -0.730. The van der Waals surface area contributed by atoms with Gasteiger partial charge in [-0.3, -0.25) is 0 Å². The molecule has 0 spiro atoms. The van der Waals surface area contributed by atoms with Crippen LogP contribution in [-0.2, 0) is 17.1 Å². The van der Waals surface area contributed by atoms with E-state index in [4.69, 9.17) is 5.73 Å². The van der Waals surface area contributed by atoms with Crippen LogP contribution in [-0.4, -0.2) is 45.9 Å². The van der Waals surface area contributed by atoms with Crippen LogP contribution in [0.15, 0.2) is 11.4 Å². The predicted molar refractivity (Wildman–Crippen MR) is 72.9 cm³/mol. The maximum absolute atomic E-state index is 12.6. The van der Waals surface area contributed by atoms with Crippen LogP contribution in [0, 0.1) is 0 Å². The van der Waals surface area contributed by atoms with Gasteiger partial charge in [-0.25, -0.2) is 13.4 Å². The van der Waals surface area contributed by atoms with E-state index in [1.807, 2.05) is 13.8 Å². The minimum atomic E-state index is -3.57. The molecule has 1 fully saturated rings. The summed E-state index contributed by atoms with van der Waals surface area (Å²) in [5.41, 5.74) is 5.67. The van der Waals surface area contributed by atoms with Crippen molar-refractivity contribution in [3.8, 4) is 0 Å². The summed E-state index contributed by atoms with van der Waals surface area (Å²) in [5.74, 6) is 0.873. The first-order chi connectivity index (χ1) is 8.35. The minimum absolute atomic E-state index is 0.0388. The van der Waals surface area contributed by atoms with Crippen molar-refractivity contribution in [2.24, 2.45) is 7.05 Å². The zero-order valence-electron chi connectivity index (χ0n) is 10.7. The smallest absolute Gasteiger partial charge is 0.262 e. The fourth-order valence-electron chi connectivity index (χ4n) is 2.11.